The van der Waals surface area contributed by atoms with Crippen LogP contribution in [-0.4, -0.2) is 24.5 Å². The molecule has 2 fully saturated rings. The molecule has 108 valence electrons. The molecular weight excluding hydrogens is 257 g/mol. The SMILES string of the molecule is NC(=O)C1CCCN1c1c(F)cccc1CNC1CC1. The molecule has 1 saturated heterocycles. The molecule has 1 unspecified atom stereocenters. The summed E-state index contributed by atoms with van der Waals surface area (Å²) in [5.41, 5.74) is 6.89. The molecule has 1 aliphatic carbocycles. The number of rotatable bonds is 5. The van der Waals surface area contributed by atoms with Gasteiger partial charge in [-0.3, -0.25) is 4.79 Å². The number of carbonyl (C=O) groups is 1. The van der Waals surface area contributed by atoms with Gasteiger partial charge >= 0.3 is 0 Å². The smallest absolute Gasteiger partial charge is 0.240 e. The van der Waals surface area contributed by atoms with E-state index >= 15 is 0 Å². The van der Waals surface area contributed by atoms with E-state index in [0.29, 0.717) is 31.2 Å². The molecular formula is C15H20FN3O. The number of carbonyl (C=O) groups excluding carboxylic acids is 1. The molecule has 1 amide bonds. The number of primary amides is 1. The Morgan fingerprint density at radius 1 is 1.40 bits per heavy atom. The summed E-state index contributed by atoms with van der Waals surface area (Å²) in [6, 6.07) is 5.28. The summed E-state index contributed by atoms with van der Waals surface area (Å²) in [4.78, 5) is 13.4. The number of hydrogen-bond donors (Lipinski definition) is 2. The van der Waals surface area contributed by atoms with Gasteiger partial charge in [-0.15, -0.1) is 0 Å². The number of hydrogen-bond acceptors (Lipinski definition) is 3. The number of halogens is 1. The van der Waals surface area contributed by atoms with Crippen molar-refractivity contribution in [3.63, 3.8) is 0 Å². The van der Waals surface area contributed by atoms with Crippen molar-refractivity contribution in [1.82, 2.24) is 5.32 Å². The molecule has 20 heavy (non-hydrogen) atoms. The Labute approximate surface area is 118 Å². The standard InChI is InChI=1S/C15H20FN3O/c16-12-4-1-3-10(9-18-11-6-7-11)14(12)19-8-2-5-13(19)15(17)20/h1,3-4,11,13,18H,2,5-9H2,(H2,17,20). The maximum Gasteiger partial charge on any atom is 0.240 e. The number of nitrogens with two attached hydrogens (primary N) is 1. The first-order valence-electron chi connectivity index (χ1n) is 7.23. The average Bonchev–Trinajstić information content (AvgIpc) is 3.12. The summed E-state index contributed by atoms with van der Waals surface area (Å²) in [5, 5.41) is 3.40. The molecule has 0 aromatic heterocycles. The van der Waals surface area contributed by atoms with E-state index in [4.69, 9.17) is 5.73 Å². The van der Waals surface area contributed by atoms with E-state index in [2.05, 4.69) is 5.32 Å². The summed E-state index contributed by atoms with van der Waals surface area (Å²) in [5.74, 6) is -0.639. The third kappa shape index (κ3) is 2.63. The highest BCUT2D eigenvalue weighted by molar-refractivity contribution is 5.84. The minimum Gasteiger partial charge on any atom is -0.368 e. The highest BCUT2D eigenvalue weighted by Gasteiger charge is 2.32. The lowest BCUT2D eigenvalue weighted by Crippen LogP contribution is -2.41. The summed E-state index contributed by atoms with van der Waals surface area (Å²) in [6.07, 6.45) is 3.97. The zero-order chi connectivity index (χ0) is 14.1. The monoisotopic (exact) mass is 277 g/mol. The molecule has 1 atom stereocenters. The number of nitrogens with one attached hydrogen (secondary N) is 1. The number of anilines is 1. The van der Waals surface area contributed by atoms with Crippen LogP contribution >= 0.6 is 0 Å². The van der Waals surface area contributed by atoms with Crippen molar-refractivity contribution >= 4 is 11.6 Å². The first kappa shape index (κ1) is 13.4. The van der Waals surface area contributed by atoms with Gasteiger partial charge in [-0.2, -0.15) is 0 Å². The van der Waals surface area contributed by atoms with Crippen molar-refractivity contribution in [1.29, 1.82) is 0 Å². The fraction of sp³-hybridized carbons (Fsp3) is 0.533. The molecule has 1 aromatic rings. The highest BCUT2D eigenvalue weighted by Crippen LogP contribution is 2.32. The van der Waals surface area contributed by atoms with E-state index in [9.17, 15) is 9.18 Å². The van der Waals surface area contributed by atoms with Crippen LogP contribution in [0.15, 0.2) is 18.2 Å². The lowest BCUT2D eigenvalue weighted by molar-refractivity contribution is -0.119. The second-order valence-corrected chi connectivity index (χ2v) is 5.66. The fourth-order valence-electron chi connectivity index (χ4n) is 2.90. The van der Waals surface area contributed by atoms with Crippen LogP contribution < -0.4 is 16.0 Å². The predicted molar refractivity (Wildman–Crippen MR) is 75.8 cm³/mol. The molecule has 1 heterocycles. The fourth-order valence-corrected chi connectivity index (χ4v) is 2.90. The van der Waals surface area contributed by atoms with Gasteiger partial charge in [-0.05, 0) is 37.3 Å². The van der Waals surface area contributed by atoms with Gasteiger partial charge < -0.3 is 16.0 Å². The maximum atomic E-state index is 14.3. The second-order valence-electron chi connectivity index (χ2n) is 5.66. The van der Waals surface area contributed by atoms with Crippen molar-refractivity contribution in [2.45, 2.75) is 44.3 Å². The van der Waals surface area contributed by atoms with Crippen molar-refractivity contribution in [2.24, 2.45) is 5.73 Å². The van der Waals surface area contributed by atoms with Crippen molar-refractivity contribution in [3.05, 3.63) is 29.6 Å². The predicted octanol–water partition coefficient (Wildman–Crippen LogP) is 1.53. The highest BCUT2D eigenvalue weighted by atomic mass is 19.1. The second kappa shape index (κ2) is 5.40. The van der Waals surface area contributed by atoms with E-state index in [0.717, 1.165) is 12.0 Å². The van der Waals surface area contributed by atoms with Crippen LogP contribution in [0.2, 0.25) is 0 Å². The molecule has 3 N–H and O–H groups in total. The van der Waals surface area contributed by atoms with Gasteiger partial charge in [0.2, 0.25) is 5.91 Å². The molecule has 5 heteroatoms. The minimum atomic E-state index is -0.383. The molecule has 1 aromatic carbocycles. The van der Waals surface area contributed by atoms with E-state index in [-0.39, 0.29) is 17.8 Å². The topological polar surface area (TPSA) is 58.4 Å². The molecule has 0 spiro atoms. The number of para-hydroxylation sites is 1. The van der Waals surface area contributed by atoms with Crippen molar-refractivity contribution in [2.75, 3.05) is 11.4 Å². The van der Waals surface area contributed by atoms with Gasteiger partial charge in [-0.25, -0.2) is 4.39 Å². The average molecular weight is 277 g/mol. The molecule has 0 bridgehead atoms. The molecule has 0 radical (unpaired) electrons. The third-order valence-electron chi connectivity index (χ3n) is 4.10. The van der Waals surface area contributed by atoms with Gasteiger partial charge in [-0.1, -0.05) is 12.1 Å². The molecule has 3 rings (SSSR count). The van der Waals surface area contributed by atoms with Gasteiger partial charge in [0.05, 0.1) is 5.69 Å². The quantitative estimate of drug-likeness (QED) is 0.858. The summed E-state index contributed by atoms with van der Waals surface area (Å²) in [6.45, 7) is 1.32. The zero-order valence-corrected chi connectivity index (χ0v) is 11.4. The number of nitrogens with zero attached hydrogens (tertiary/aromatic N) is 1. The number of benzene rings is 1. The maximum absolute atomic E-state index is 14.3. The Morgan fingerprint density at radius 3 is 2.90 bits per heavy atom. The Bertz CT molecular complexity index is 516. The molecule has 1 saturated carbocycles. The van der Waals surface area contributed by atoms with E-state index in [1.54, 1.807) is 6.07 Å². The van der Waals surface area contributed by atoms with Crippen LogP contribution in [0.4, 0.5) is 10.1 Å². The summed E-state index contributed by atoms with van der Waals surface area (Å²) in [7, 11) is 0. The van der Waals surface area contributed by atoms with Gasteiger partial charge in [0.15, 0.2) is 0 Å². The molecule has 1 aliphatic heterocycles. The zero-order valence-electron chi connectivity index (χ0n) is 11.4. The Balaban J connectivity index is 1.87. The third-order valence-corrected chi connectivity index (χ3v) is 4.10. The van der Waals surface area contributed by atoms with Gasteiger partial charge in [0, 0.05) is 19.1 Å². The van der Waals surface area contributed by atoms with Crippen molar-refractivity contribution < 1.29 is 9.18 Å². The lowest BCUT2D eigenvalue weighted by atomic mass is 10.1. The normalized spacial score (nSPS) is 22.2. The summed E-state index contributed by atoms with van der Waals surface area (Å²) >= 11 is 0. The van der Waals surface area contributed by atoms with Crippen LogP contribution in [0.3, 0.4) is 0 Å². The largest absolute Gasteiger partial charge is 0.368 e. The van der Waals surface area contributed by atoms with Crippen LogP contribution in [0.25, 0.3) is 0 Å². The van der Waals surface area contributed by atoms with E-state index in [1.165, 1.54) is 18.9 Å². The lowest BCUT2D eigenvalue weighted by Gasteiger charge is -2.27. The number of amides is 1. The van der Waals surface area contributed by atoms with Crippen LogP contribution in [-0.2, 0) is 11.3 Å². The Kier molecular flexibility index (Phi) is 3.61. The molecule has 2 aliphatic rings. The van der Waals surface area contributed by atoms with E-state index < -0.39 is 0 Å². The van der Waals surface area contributed by atoms with Crippen LogP contribution in [0.1, 0.15) is 31.2 Å². The van der Waals surface area contributed by atoms with E-state index in [1.807, 2.05) is 11.0 Å². The van der Waals surface area contributed by atoms with Gasteiger partial charge in [0.1, 0.15) is 11.9 Å². The van der Waals surface area contributed by atoms with Gasteiger partial charge in [0.25, 0.3) is 0 Å². The minimum absolute atomic E-state index is 0.270. The van der Waals surface area contributed by atoms with Crippen molar-refractivity contribution in [3.8, 4) is 0 Å². The Hall–Kier alpha value is -1.62. The summed E-state index contributed by atoms with van der Waals surface area (Å²) < 4.78 is 14.3. The molecule has 4 nitrogen and oxygen atoms in total. The Morgan fingerprint density at radius 2 is 2.20 bits per heavy atom. The van der Waals surface area contributed by atoms with Crippen LogP contribution in [0, 0.1) is 5.82 Å². The first-order valence-corrected chi connectivity index (χ1v) is 7.23. The van der Waals surface area contributed by atoms with Crippen LogP contribution in [0.5, 0.6) is 0 Å². The first-order chi connectivity index (χ1) is 9.66.